The Hall–Kier alpha value is -1.42. The number of likely N-dealkylation sites (tertiary alicyclic amines) is 1. The Morgan fingerprint density at radius 2 is 1.81 bits per heavy atom. The number of hydrogen-bond acceptors (Lipinski definition) is 3. The zero-order valence-corrected chi connectivity index (χ0v) is 12.7. The molecule has 2 fully saturated rings. The van der Waals surface area contributed by atoms with Crippen LogP contribution >= 0.6 is 0 Å². The molecule has 0 bridgehead atoms. The van der Waals surface area contributed by atoms with Gasteiger partial charge in [0.05, 0.1) is 0 Å². The Morgan fingerprint density at radius 1 is 1.14 bits per heavy atom. The van der Waals surface area contributed by atoms with Gasteiger partial charge in [0.1, 0.15) is 0 Å². The summed E-state index contributed by atoms with van der Waals surface area (Å²) in [5.41, 5.74) is 1.72. The number of pyridine rings is 1. The van der Waals surface area contributed by atoms with Crippen LogP contribution in [0.15, 0.2) is 24.5 Å². The molecule has 4 nitrogen and oxygen atoms in total. The molecule has 3 rings (SSSR count). The highest BCUT2D eigenvalue weighted by atomic mass is 16.2. The Balaban J connectivity index is 1.46. The molecule has 0 aliphatic carbocycles. The maximum absolute atomic E-state index is 12.3. The molecular weight excluding hydrogens is 262 g/mol. The van der Waals surface area contributed by atoms with E-state index in [1.54, 1.807) is 12.4 Å². The number of aryl methyl sites for hydroxylation is 1. The Morgan fingerprint density at radius 3 is 2.48 bits per heavy atom. The van der Waals surface area contributed by atoms with E-state index in [0.717, 1.165) is 32.6 Å². The summed E-state index contributed by atoms with van der Waals surface area (Å²) in [6.07, 6.45) is 9.98. The molecule has 1 N–H and O–H groups in total. The van der Waals surface area contributed by atoms with Crippen LogP contribution in [0.25, 0.3) is 0 Å². The first-order valence-corrected chi connectivity index (χ1v) is 8.15. The molecule has 21 heavy (non-hydrogen) atoms. The van der Waals surface area contributed by atoms with Crippen LogP contribution < -0.4 is 5.32 Å². The summed E-state index contributed by atoms with van der Waals surface area (Å²) in [7, 11) is 0. The average molecular weight is 287 g/mol. The fourth-order valence-electron chi connectivity index (χ4n) is 3.65. The summed E-state index contributed by atoms with van der Waals surface area (Å²) >= 11 is 0. The van der Waals surface area contributed by atoms with Crippen molar-refractivity contribution in [3.63, 3.8) is 0 Å². The van der Waals surface area contributed by atoms with E-state index in [4.69, 9.17) is 0 Å². The number of hydrogen-bond donors (Lipinski definition) is 1. The third-order valence-electron chi connectivity index (χ3n) is 5.22. The maximum atomic E-state index is 12.3. The third-order valence-corrected chi connectivity index (χ3v) is 5.22. The zero-order valence-electron chi connectivity index (χ0n) is 12.7. The summed E-state index contributed by atoms with van der Waals surface area (Å²) in [5.74, 6) is 0.315. The van der Waals surface area contributed by atoms with Gasteiger partial charge in [-0.3, -0.25) is 9.78 Å². The van der Waals surface area contributed by atoms with Gasteiger partial charge in [-0.15, -0.1) is 0 Å². The van der Waals surface area contributed by atoms with Gasteiger partial charge >= 0.3 is 0 Å². The Bertz CT molecular complexity index is 458. The van der Waals surface area contributed by atoms with Gasteiger partial charge in [0.15, 0.2) is 0 Å². The molecule has 1 amide bonds. The van der Waals surface area contributed by atoms with E-state index in [-0.39, 0.29) is 0 Å². The van der Waals surface area contributed by atoms with Crippen LogP contribution in [0.2, 0.25) is 0 Å². The van der Waals surface area contributed by atoms with E-state index < -0.39 is 0 Å². The minimum absolute atomic E-state index is 0.315. The molecule has 0 unspecified atom stereocenters. The first-order valence-electron chi connectivity index (χ1n) is 8.15. The fraction of sp³-hybridized carbons (Fsp3) is 0.647. The molecule has 1 aromatic heterocycles. The van der Waals surface area contributed by atoms with Crippen LogP contribution in [0.3, 0.4) is 0 Å². The molecular formula is C17H25N3O. The van der Waals surface area contributed by atoms with E-state index in [1.165, 1.54) is 31.2 Å². The van der Waals surface area contributed by atoms with Crippen molar-refractivity contribution in [1.29, 1.82) is 0 Å². The highest BCUT2D eigenvalue weighted by molar-refractivity contribution is 5.76. The highest BCUT2D eigenvalue weighted by Gasteiger charge is 2.36. The second kappa shape index (κ2) is 6.56. The van der Waals surface area contributed by atoms with Crippen molar-refractivity contribution in [3.8, 4) is 0 Å². The third kappa shape index (κ3) is 3.62. The Labute approximate surface area is 126 Å². The van der Waals surface area contributed by atoms with Crippen LogP contribution in [0.1, 0.15) is 37.7 Å². The predicted octanol–water partition coefficient (Wildman–Crippen LogP) is 2.01. The lowest BCUT2D eigenvalue weighted by Crippen LogP contribution is -2.47. The van der Waals surface area contributed by atoms with Gasteiger partial charge in [-0.05, 0) is 68.3 Å². The van der Waals surface area contributed by atoms with Crippen LogP contribution in [0.4, 0.5) is 0 Å². The van der Waals surface area contributed by atoms with Gasteiger partial charge in [0.25, 0.3) is 0 Å². The summed E-state index contributed by atoms with van der Waals surface area (Å²) in [6.45, 7) is 4.20. The summed E-state index contributed by atoms with van der Waals surface area (Å²) in [6, 6.07) is 3.99. The summed E-state index contributed by atoms with van der Waals surface area (Å²) < 4.78 is 0. The van der Waals surface area contributed by atoms with E-state index in [2.05, 4.69) is 15.2 Å². The van der Waals surface area contributed by atoms with Crippen LogP contribution in [0, 0.1) is 5.41 Å². The molecule has 1 spiro atoms. The quantitative estimate of drug-likeness (QED) is 0.925. The molecule has 114 valence electrons. The summed E-state index contributed by atoms with van der Waals surface area (Å²) in [4.78, 5) is 18.4. The summed E-state index contributed by atoms with van der Waals surface area (Å²) in [5, 5.41) is 3.44. The van der Waals surface area contributed by atoms with Crippen molar-refractivity contribution >= 4 is 5.91 Å². The molecule has 2 saturated heterocycles. The van der Waals surface area contributed by atoms with Gasteiger partial charge < -0.3 is 10.2 Å². The monoisotopic (exact) mass is 287 g/mol. The van der Waals surface area contributed by atoms with Gasteiger partial charge in [0, 0.05) is 31.9 Å². The Kier molecular flexibility index (Phi) is 4.54. The molecule has 0 atom stereocenters. The van der Waals surface area contributed by atoms with Crippen LogP contribution in [-0.2, 0) is 11.2 Å². The number of rotatable bonds is 3. The van der Waals surface area contributed by atoms with Crippen LogP contribution in [0.5, 0.6) is 0 Å². The standard InChI is InChI=1S/C17H25N3O/c21-16(2-1-15-3-9-18-10-4-15)20-13-7-17(8-14-20)5-11-19-12-6-17/h3-4,9-10,19H,1-2,5-8,11-14H2. The highest BCUT2D eigenvalue weighted by Crippen LogP contribution is 2.39. The van der Waals surface area contributed by atoms with E-state index >= 15 is 0 Å². The molecule has 0 aromatic carbocycles. The van der Waals surface area contributed by atoms with Gasteiger partial charge in [-0.25, -0.2) is 0 Å². The minimum atomic E-state index is 0.315. The van der Waals surface area contributed by atoms with E-state index in [1.807, 2.05) is 12.1 Å². The van der Waals surface area contributed by atoms with Crippen molar-refractivity contribution < 1.29 is 4.79 Å². The van der Waals surface area contributed by atoms with Crippen molar-refractivity contribution in [2.45, 2.75) is 38.5 Å². The number of carbonyl (C=O) groups excluding carboxylic acids is 1. The largest absolute Gasteiger partial charge is 0.343 e. The number of aromatic nitrogens is 1. The molecule has 0 saturated carbocycles. The molecule has 4 heteroatoms. The van der Waals surface area contributed by atoms with E-state index in [9.17, 15) is 4.79 Å². The second-order valence-electron chi connectivity index (χ2n) is 6.49. The van der Waals surface area contributed by atoms with Gasteiger partial charge in [-0.2, -0.15) is 0 Å². The molecule has 0 radical (unpaired) electrons. The number of amides is 1. The number of nitrogens with one attached hydrogen (secondary N) is 1. The molecule has 2 aliphatic heterocycles. The van der Waals surface area contributed by atoms with Gasteiger partial charge in [-0.1, -0.05) is 0 Å². The SMILES string of the molecule is O=C(CCc1ccncc1)N1CCC2(CCNCC2)CC1. The van der Waals surface area contributed by atoms with E-state index in [0.29, 0.717) is 17.7 Å². The molecule has 2 aliphatic rings. The number of nitrogens with zero attached hydrogens (tertiary/aromatic N) is 2. The number of carbonyl (C=O) groups is 1. The lowest BCUT2D eigenvalue weighted by Gasteiger charge is -2.44. The second-order valence-corrected chi connectivity index (χ2v) is 6.49. The molecule has 3 heterocycles. The topological polar surface area (TPSA) is 45.2 Å². The van der Waals surface area contributed by atoms with Crippen molar-refractivity contribution in [2.24, 2.45) is 5.41 Å². The lowest BCUT2D eigenvalue weighted by atomic mass is 9.71. The fourth-order valence-corrected chi connectivity index (χ4v) is 3.65. The predicted molar refractivity (Wildman–Crippen MR) is 82.9 cm³/mol. The van der Waals surface area contributed by atoms with Crippen LogP contribution in [-0.4, -0.2) is 42.0 Å². The first-order chi connectivity index (χ1) is 10.3. The first kappa shape index (κ1) is 14.5. The minimum Gasteiger partial charge on any atom is -0.343 e. The zero-order chi connectivity index (χ0) is 14.5. The van der Waals surface area contributed by atoms with Gasteiger partial charge in [0.2, 0.25) is 5.91 Å². The molecule has 1 aromatic rings. The average Bonchev–Trinajstić information content (AvgIpc) is 2.55. The van der Waals surface area contributed by atoms with Crippen molar-refractivity contribution in [1.82, 2.24) is 15.2 Å². The normalized spacial score (nSPS) is 21.4. The van der Waals surface area contributed by atoms with Crippen molar-refractivity contribution in [2.75, 3.05) is 26.2 Å². The van der Waals surface area contributed by atoms with Crippen molar-refractivity contribution in [3.05, 3.63) is 30.1 Å². The maximum Gasteiger partial charge on any atom is 0.222 e. The smallest absolute Gasteiger partial charge is 0.222 e. The number of piperidine rings is 2. The lowest BCUT2D eigenvalue weighted by molar-refractivity contribution is -0.133.